The summed E-state index contributed by atoms with van der Waals surface area (Å²) in [5.74, 6) is -1.32. The Labute approximate surface area is 107 Å². The molecule has 18 heavy (non-hydrogen) atoms. The largest absolute Gasteiger partial charge is 0.481 e. The van der Waals surface area contributed by atoms with Crippen molar-refractivity contribution in [1.29, 1.82) is 0 Å². The number of amides is 2. The van der Waals surface area contributed by atoms with Crippen molar-refractivity contribution in [2.75, 3.05) is 26.8 Å². The third kappa shape index (κ3) is 3.60. The highest BCUT2D eigenvalue weighted by atomic mass is 16.5. The van der Waals surface area contributed by atoms with Gasteiger partial charge in [-0.1, -0.05) is 6.92 Å². The van der Waals surface area contributed by atoms with Gasteiger partial charge >= 0.3 is 12.0 Å². The van der Waals surface area contributed by atoms with Gasteiger partial charge in [-0.25, -0.2) is 4.79 Å². The van der Waals surface area contributed by atoms with Gasteiger partial charge in [0.25, 0.3) is 0 Å². The number of likely N-dealkylation sites (tertiary alicyclic amines) is 1. The Balaban J connectivity index is 2.57. The number of methoxy groups -OCH3 is 1. The number of hydrogen-bond acceptors (Lipinski definition) is 3. The molecule has 0 radical (unpaired) electrons. The van der Waals surface area contributed by atoms with Crippen LogP contribution in [-0.2, 0) is 9.53 Å². The lowest BCUT2D eigenvalue weighted by Crippen LogP contribution is -2.51. The fraction of sp³-hybridized carbons (Fsp3) is 0.833. The normalized spacial score (nSPS) is 24.1. The molecule has 1 saturated heterocycles. The molecule has 0 unspecified atom stereocenters. The van der Waals surface area contributed by atoms with Crippen molar-refractivity contribution in [2.24, 2.45) is 11.8 Å². The molecule has 6 heteroatoms. The summed E-state index contributed by atoms with van der Waals surface area (Å²) in [4.78, 5) is 24.6. The fourth-order valence-electron chi connectivity index (χ4n) is 2.22. The van der Waals surface area contributed by atoms with Crippen LogP contribution in [-0.4, -0.2) is 54.4 Å². The number of rotatable bonds is 4. The number of nitrogens with zero attached hydrogens (tertiary/aromatic N) is 1. The first kappa shape index (κ1) is 14.8. The van der Waals surface area contributed by atoms with E-state index in [9.17, 15) is 9.59 Å². The van der Waals surface area contributed by atoms with Crippen molar-refractivity contribution in [3.63, 3.8) is 0 Å². The van der Waals surface area contributed by atoms with Crippen LogP contribution in [0.25, 0.3) is 0 Å². The first-order valence-corrected chi connectivity index (χ1v) is 6.05. The molecule has 0 aromatic heterocycles. The monoisotopic (exact) mass is 258 g/mol. The van der Waals surface area contributed by atoms with E-state index >= 15 is 0 Å². The van der Waals surface area contributed by atoms with Gasteiger partial charge in [-0.05, 0) is 19.8 Å². The van der Waals surface area contributed by atoms with Crippen molar-refractivity contribution in [3.05, 3.63) is 0 Å². The van der Waals surface area contributed by atoms with E-state index in [1.54, 1.807) is 12.0 Å². The number of hydrogen-bond donors (Lipinski definition) is 2. The average Bonchev–Trinajstić information content (AvgIpc) is 2.59. The maximum absolute atomic E-state index is 12.0. The predicted octanol–water partition coefficient (Wildman–Crippen LogP) is 0.773. The Kier molecular flexibility index (Phi) is 4.56. The number of carboxylic acid groups (broad SMARTS) is 1. The molecule has 0 aromatic rings. The van der Waals surface area contributed by atoms with Gasteiger partial charge in [0.05, 0.1) is 18.1 Å². The SMILES string of the molecule is COCC(C)(C)NC(=O)N1C[C@@H](C)[C@H](C(=O)O)C1. The Morgan fingerprint density at radius 2 is 2.06 bits per heavy atom. The second-order valence-electron chi connectivity index (χ2n) is 5.57. The molecular formula is C12H22N2O4. The van der Waals surface area contributed by atoms with Crippen LogP contribution in [0.1, 0.15) is 20.8 Å². The summed E-state index contributed by atoms with van der Waals surface area (Å²) in [6, 6.07) is -0.229. The second-order valence-corrected chi connectivity index (χ2v) is 5.57. The van der Waals surface area contributed by atoms with Gasteiger partial charge in [0.15, 0.2) is 0 Å². The van der Waals surface area contributed by atoms with Gasteiger partial charge in [-0.2, -0.15) is 0 Å². The minimum atomic E-state index is -0.839. The minimum Gasteiger partial charge on any atom is -0.481 e. The van der Waals surface area contributed by atoms with Gasteiger partial charge in [-0.15, -0.1) is 0 Å². The van der Waals surface area contributed by atoms with Crippen LogP contribution >= 0.6 is 0 Å². The number of ether oxygens (including phenoxy) is 1. The molecule has 0 aromatic carbocycles. The third-order valence-electron chi connectivity index (χ3n) is 3.17. The number of aliphatic carboxylic acids is 1. The molecule has 1 rings (SSSR count). The molecule has 0 spiro atoms. The van der Waals surface area contributed by atoms with Crippen molar-refractivity contribution in [3.8, 4) is 0 Å². The molecule has 1 aliphatic heterocycles. The van der Waals surface area contributed by atoms with Gasteiger partial charge in [0.2, 0.25) is 0 Å². The van der Waals surface area contributed by atoms with Gasteiger partial charge in [0.1, 0.15) is 0 Å². The number of nitrogens with one attached hydrogen (secondary N) is 1. The lowest BCUT2D eigenvalue weighted by Gasteiger charge is -2.28. The molecule has 2 atom stereocenters. The molecule has 0 bridgehead atoms. The molecule has 0 saturated carbocycles. The zero-order valence-corrected chi connectivity index (χ0v) is 11.4. The lowest BCUT2D eigenvalue weighted by atomic mass is 9.99. The average molecular weight is 258 g/mol. The van der Waals surface area contributed by atoms with E-state index in [-0.39, 0.29) is 18.5 Å². The minimum absolute atomic E-state index is 0.0150. The highest BCUT2D eigenvalue weighted by Crippen LogP contribution is 2.23. The number of carbonyl (C=O) groups excluding carboxylic acids is 1. The zero-order chi connectivity index (χ0) is 13.9. The molecule has 2 N–H and O–H groups in total. The van der Waals surface area contributed by atoms with Crippen LogP contribution in [0.15, 0.2) is 0 Å². The summed E-state index contributed by atoms with van der Waals surface area (Å²) in [5.41, 5.74) is -0.462. The molecular weight excluding hydrogens is 236 g/mol. The van der Waals surface area contributed by atoms with Gasteiger partial charge in [-0.3, -0.25) is 4.79 Å². The topological polar surface area (TPSA) is 78.9 Å². The van der Waals surface area contributed by atoms with Crippen LogP contribution in [0.3, 0.4) is 0 Å². The standard InChI is InChI=1S/C12H22N2O4/c1-8-5-14(6-9(8)10(15)16)11(17)13-12(2,3)7-18-4/h8-9H,5-7H2,1-4H3,(H,13,17)(H,15,16)/t8-,9-/m1/s1. The molecule has 2 amide bonds. The molecule has 1 aliphatic rings. The van der Waals surface area contributed by atoms with Gasteiger partial charge in [0, 0.05) is 20.2 Å². The van der Waals surface area contributed by atoms with Crippen LogP contribution in [0.2, 0.25) is 0 Å². The molecule has 104 valence electrons. The summed E-state index contributed by atoms with van der Waals surface area (Å²) >= 11 is 0. The Morgan fingerprint density at radius 3 is 2.50 bits per heavy atom. The highest BCUT2D eigenvalue weighted by molar-refractivity contribution is 5.78. The van der Waals surface area contributed by atoms with Crippen LogP contribution in [0.4, 0.5) is 4.79 Å². The Bertz CT molecular complexity index is 330. The molecule has 1 heterocycles. The summed E-state index contributed by atoms with van der Waals surface area (Å²) in [7, 11) is 1.58. The predicted molar refractivity (Wildman–Crippen MR) is 66.3 cm³/mol. The van der Waals surface area contributed by atoms with Gasteiger partial charge < -0.3 is 20.1 Å². The number of carbonyl (C=O) groups is 2. The summed E-state index contributed by atoms with van der Waals surface area (Å²) in [6.45, 7) is 6.74. The smallest absolute Gasteiger partial charge is 0.317 e. The van der Waals surface area contributed by atoms with E-state index in [4.69, 9.17) is 9.84 Å². The summed E-state index contributed by atoms with van der Waals surface area (Å²) < 4.78 is 5.02. The van der Waals surface area contributed by atoms with Crippen LogP contribution in [0, 0.1) is 11.8 Å². The fourth-order valence-corrected chi connectivity index (χ4v) is 2.22. The zero-order valence-electron chi connectivity index (χ0n) is 11.4. The van der Waals surface area contributed by atoms with Crippen molar-refractivity contribution >= 4 is 12.0 Å². The maximum Gasteiger partial charge on any atom is 0.317 e. The highest BCUT2D eigenvalue weighted by Gasteiger charge is 2.38. The summed E-state index contributed by atoms with van der Waals surface area (Å²) in [5, 5.41) is 11.9. The maximum atomic E-state index is 12.0. The second kappa shape index (κ2) is 5.56. The van der Waals surface area contributed by atoms with Crippen molar-refractivity contribution < 1.29 is 19.4 Å². The number of carboxylic acids is 1. The molecule has 1 fully saturated rings. The van der Waals surface area contributed by atoms with E-state index in [2.05, 4.69) is 5.32 Å². The van der Waals surface area contributed by atoms with E-state index in [0.29, 0.717) is 13.2 Å². The van der Waals surface area contributed by atoms with E-state index in [0.717, 1.165) is 0 Å². The summed E-state index contributed by atoms with van der Waals surface area (Å²) in [6.07, 6.45) is 0. The first-order valence-electron chi connectivity index (χ1n) is 6.05. The Hall–Kier alpha value is -1.30. The molecule has 6 nitrogen and oxygen atoms in total. The quantitative estimate of drug-likeness (QED) is 0.780. The van der Waals surface area contributed by atoms with Crippen molar-refractivity contribution in [1.82, 2.24) is 10.2 Å². The Morgan fingerprint density at radius 1 is 1.44 bits per heavy atom. The van der Waals surface area contributed by atoms with E-state index < -0.39 is 17.4 Å². The first-order chi connectivity index (χ1) is 8.26. The third-order valence-corrected chi connectivity index (χ3v) is 3.17. The van der Waals surface area contributed by atoms with Crippen LogP contribution < -0.4 is 5.32 Å². The molecule has 0 aliphatic carbocycles. The van der Waals surface area contributed by atoms with E-state index in [1.165, 1.54) is 0 Å². The van der Waals surface area contributed by atoms with E-state index in [1.807, 2.05) is 20.8 Å². The van der Waals surface area contributed by atoms with Crippen molar-refractivity contribution in [2.45, 2.75) is 26.3 Å². The number of urea groups is 1. The van der Waals surface area contributed by atoms with Crippen LogP contribution in [0.5, 0.6) is 0 Å². The lowest BCUT2D eigenvalue weighted by molar-refractivity contribution is -0.142.